The summed E-state index contributed by atoms with van der Waals surface area (Å²) in [5, 5.41) is 8.00. The molecule has 0 aliphatic rings. The topological polar surface area (TPSA) is 80.1 Å². The molecule has 1 N–H and O–H groups in total. The van der Waals surface area contributed by atoms with Crippen LogP contribution in [0.2, 0.25) is 0 Å². The van der Waals surface area contributed by atoms with Crippen molar-refractivity contribution < 1.29 is 9.59 Å². The molecule has 2 aromatic heterocycles. The maximum absolute atomic E-state index is 12.7. The van der Waals surface area contributed by atoms with Gasteiger partial charge >= 0.3 is 0 Å². The van der Waals surface area contributed by atoms with Gasteiger partial charge in [0.25, 0.3) is 5.91 Å². The lowest BCUT2D eigenvalue weighted by Gasteiger charge is -2.23. The van der Waals surface area contributed by atoms with Gasteiger partial charge in [0.15, 0.2) is 5.65 Å². The molecule has 0 saturated heterocycles. The molecule has 0 fully saturated rings. The van der Waals surface area contributed by atoms with E-state index >= 15 is 0 Å². The molecule has 7 heteroatoms. The number of nitrogens with zero attached hydrogens (tertiary/aromatic N) is 4. The highest BCUT2D eigenvalue weighted by molar-refractivity contribution is 5.99. The average molecular weight is 345 g/mol. The molecule has 0 aliphatic heterocycles. The first-order valence-corrected chi connectivity index (χ1v) is 8.41. The summed E-state index contributed by atoms with van der Waals surface area (Å²) in [6.45, 7) is 11.6. The standard InChI is InChI=1S/C18H27N5O2/c1-11(2)23-16-13(9-19-23)8-14(12(3)20-16)17(25)22(7)10-15(24)21-18(4,5)6/h8-9,11H,10H2,1-7H3,(H,21,24). The van der Waals surface area contributed by atoms with E-state index in [9.17, 15) is 9.59 Å². The summed E-state index contributed by atoms with van der Waals surface area (Å²) < 4.78 is 1.83. The molecule has 0 aromatic carbocycles. The SMILES string of the molecule is Cc1nc2c(cnn2C(C)C)cc1C(=O)N(C)CC(=O)NC(C)(C)C. The Kier molecular flexibility index (Phi) is 5.15. The van der Waals surface area contributed by atoms with Gasteiger partial charge in [-0.3, -0.25) is 9.59 Å². The van der Waals surface area contributed by atoms with Gasteiger partial charge in [0.2, 0.25) is 5.91 Å². The molecule has 25 heavy (non-hydrogen) atoms. The summed E-state index contributed by atoms with van der Waals surface area (Å²) in [4.78, 5) is 30.7. The van der Waals surface area contributed by atoms with Gasteiger partial charge in [-0.05, 0) is 47.6 Å². The number of likely N-dealkylation sites (N-methyl/N-ethyl adjacent to an activating group) is 1. The van der Waals surface area contributed by atoms with Gasteiger partial charge < -0.3 is 10.2 Å². The van der Waals surface area contributed by atoms with E-state index in [-0.39, 0.29) is 29.9 Å². The van der Waals surface area contributed by atoms with Crippen molar-refractivity contribution in [2.45, 2.75) is 53.1 Å². The summed E-state index contributed by atoms with van der Waals surface area (Å²) in [6, 6.07) is 1.99. The first-order valence-electron chi connectivity index (χ1n) is 8.41. The quantitative estimate of drug-likeness (QED) is 0.922. The molecular formula is C18H27N5O2. The number of hydrogen-bond donors (Lipinski definition) is 1. The predicted molar refractivity (Wildman–Crippen MR) is 97.5 cm³/mol. The Hall–Kier alpha value is -2.44. The van der Waals surface area contributed by atoms with Gasteiger partial charge in [0.05, 0.1) is 24.0 Å². The van der Waals surface area contributed by atoms with Crippen LogP contribution in [0.15, 0.2) is 12.3 Å². The van der Waals surface area contributed by atoms with Gasteiger partial charge in [-0.25, -0.2) is 9.67 Å². The van der Waals surface area contributed by atoms with Crippen molar-refractivity contribution in [1.82, 2.24) is 25.0 Å². The van der Waals surface area contributed by atoms with Crippen LogP contribution in [0.5, 0.6) is 0 Å². The monoisotopic (exact) mass is 345 g/mol. The van der Waals surface area contributed by atoms with Crippen LogP contribution in [-0.2, 0) is 4.79 Å². The third kappa shape index (κ3) is 4.35. The second kappa shape index (κ2) is 6.82. The molecule has 0 radical (unpaired) electrons. The number of amides is 2. The van der Waals surface area contributed by atoms with E-state index in [4.69, 9.17) is 0 Å². The van der Waals surface area contributed by atoms with Gasteiger partial charge in [-0.2, -0.15) is 5.10 Å². The third-order valence-corrected chi connectivity index (χ3v) is 3.72. The fourth-order valence-electron chi connectivity index (χ4n) is 2.61. The summed E-state index contributed by atoms with van der Waals surface area (Å²) in [5.74, 6) is -0.420. The van der Waals surface area contributed by atoms with E-state index in [0.29, 0.717) is 11.3 Å². The zero-order chi connectivity index (χ0) is 18.9. The Bertz CT molecular complexity index is 802. The van der Waals surface area contributed by atoms with E-state index in [0.717, 1.165) is 11.0 Å². The normalized spacial score (nSPS) is 11.8. The number of rotatable bonds is 4. The Morgan fingerprint density at radius 2 is 1.96 bits per heavy atom. The molecule has 0 atom stereocenters. The van der Waals surface area contributed by atoms with Gasteiger partial charge in [0, 0.05) is 24.0 Å². The minimum atomic E-state index is -0.331. The van der Waals surface area contributed by atoms with Crippen LogP contribution in [-0.4, -0.2) is 50.6 Å². The highest BCUT2D eigenvalue weighted by Gasteiger charge is 2.21. The number of nitrogens with one attached hydrogen (secondary N) is 1. The number of aromatic nitrogens is 3. The molecular weight excluding hydrogens is 318 g/mol. The number of hydrogen-bond acceptors (Lipinski definition) is 4. The molecule has 2 rings (SSSR count). The molecule has 2 heterocycles. The van der Waals surface area contributed by atoms with E-state index in [2.05, 4.69) is 15.4 Å². The van der Waals surface area contributed by atoms with Crippen LogP contribution >= 0.6 is 0 Å². The summed E-state index contributed by atoms with van der Waals surface area (Å²) in [6.07, 6.45) is 1.71. The minimum Gasteiger partial charge on any atom is -0.350 e. The van der Waals surface area contributed by atoms with Gasteiger partial charge in [-0.15, -0.1) is 0 Å². The van der Waals surface area contributed by atoms with Gasteiger partial charge in [0.1, 0.15) is 0 Å². The van der Waals surface area contributed by atoms with Crippen LogP contribution in [0.1, 0.15) is 56.7 Å². The van der Waals surface area contributed by atoms with Crippen molar-refractivity contribution in [3.63, 3.8) is 0 Å². The van der Waals surface area contributed by atoms with E-state index < -0.39 is 0 Å². The molecule has 136 valence electrons. The largest absolute Gasteiger partial charge is 0.350 e. The van der Waals surface area contributed by atoms with Crippen LogP contribution < -0.4 is 5.32 Å². The van der Waals surface area contributed by atoms with Crippen molar-refractivity contribution in [2.24, 2.45) is 0 Å². The smallest absolute Gasteiger partial charge is 0.255 e. The van der Waals surface area contributed by atoms with Crippen molar-refractivity contribution in [3.05, 3.63) is 23.5 Å². The first kappa shape index (κ1) is 18.9. The lowest BCUT2D eigenvalue weighted by Crippen LogP contribution is -2.46. The summed E-state index contributed by atoms with van der Waals surface area (Å²) >= 11 is 0. The lowest BCUT2D eigenvalue weighted by atomic mass is 10.1. The van der Waals surface area contributed by atoms with Gasteiger partial charge in [-0.1, -0.05) is 0 Å². The van der Waals surface area contributed by atoms with E-state index in [1.165, 1.54) is 4.90 Å². The molecule has 0 bridgehead atoms. The molecule has 0 unspecified atom stereocenters. The fourth-order valence-corrected chi connectivity index (χ4v) is 2.61. The summed E-state index contributed by atoms with van der Waals surface area (Å²) in [5.41, 5.74) is 1.55. The lowest BCUT2D eigenvalue weighted by molar-refractivity contribution is -0.122. The second-order valence-electron chi connectivity index (χ2n) is 7.68. The van der Waals surface area contributed by atoms with Crippen LogP contribution in [0, 0.1) is 6.92 Å². The second-order valence-corrected chi connectivity index (χ2v) is 7.68. The van der Waals surface area contributed by atoms with E-state index in [1.54, 1.807) is 26.2 Å². The summed E-state index contributed by atoms with van der Waals surface area (Å²) in [7, 11) is 1.62. The number of carbonyl (C=O) groups excluding carboxylic acids is 2. The van der Waals surface area contributed by atoms with Crippen LogP contribution in [0.3, 0.4) is 0 Å². The maximum Gasteiger partial charge on any atom is 0.255 e. The highest BCUT2D eigenvalue weighted by atomic mass is 16.2. The van der Waals surface area contributed by atoms with Crippen LogP contribution in [0.4, 0.5) is 0 Å². The number of aryl methyl sites for hydroxylation is 1. The predicted octanol–water partition coefficient (Wildman–Crippen LogP) is 2.31. The molecule has 0 aliphatic carbocycles. The minimum absolute atomic E-state index is 0.00115. The number of fused-ring (bicyclic) bond motifs is 1. The van der Waals surface area contributed by atoms with E-state index in [1.807, 2.05) is 39.3 Å². The Morgan fingerprint density at radius 3 is 2.52 bits per heavy atom. The number of carbonyl (C=O) groups is 2. The van der Waals surface area contributed by atoms with Crippen molar-refractivity contribution in [2.75, 3.05) is 13.6 Å². The highest BCUT2D eigenvalue weighted by Crippen LogP contribution is 2.20. The van der Waals surface area contributed by atoms with Crippen molar-refractivity contribution in [3.8, 4) is 0 Å². The Labute approximate surface area is 148 Å². The number of pyridine rings is 1. The maximum atomic E-state index is 12.7. The molecule has 2 aromatic rings. The molecule has 0 saturated carbocycles. The third-order valence-electron chi connectivity index (χ3n) is 3.72. The van der Waals surface area contributed by atoms with Crippen LogP contribution in [0.25, 0.3) is 11.0 Å². The molecule has 2 amide bonds. The van der Waals surface area contributed by atoms with Crippen molar-refractivity contribution >= 4 is 22.8 Å². The van der Waals surface area contributed by atoms with Crippen molar-refractivity contribution in [1.29, 1.82) is 0 Å². The first-order chi connectivity index (χ1) is 11.5. The zero-order valence-corrected chi connectivity index (χ0v) is 16.0. The Balaban J connectivity index is 2.24. The fraction of sp³-hybridized carbons (Fsp3) is 0.556. The zero-order valence-electron chi connectivity index (χ0n) is 16.0. The molecule has 0 spiro atoms. The Morgan fingerprint density at radius 1 is 1.32 bits per heavy atom. The molecule has 7 nitrogen and oxygen atoms in total. The average Bonchev–Trinajstić information content (AvgIpc) is 2.86.